The smallest absolute Gasteiger partial charge is 0.224 e. The number of aryl methyl sites for hydroxylation is 2. The summed E-state index contributed by atoms with van der Waals surface area (Å²) < 4.78 is 1.95. The molecule has 1 N–H and O–H groups in total. The lowest BCUT2D eigenvalue weighted by molar-refractivity contribution is -0.120. The van der Waals surface area contributed by atoms with E-state index in [1.165, 1.54) is 30.4 Å². The van der Waals surface area contributed by atoms with Gasteiger partial charge >= 0.3 is 0 Å². The third kappa shape index (κ3) is 3.55. The number of nitrogens with zero attached hydrogens (tertiary/aromatic N) is 3. The summed E-state index contributed by atoms with van der Waals surface area (Å²) in [4.78, 5) is 12.2. The second kappa shape index (κ2) is 7.05. The first-order valence-electron chi connectivity index (χ1n) is 8.95. The quantitative estimate of drug-likeness (QED) is 0.780. The van der Waals surface area contributed by atoms with Gasteiger partial charge in [-0.05, 0) is 54.5 Å². The zero-order chi connectivity index (χ0) is 17.1. The van der Waals surface area contributed by atoms with Gasteiger partial charge in [0.05, 0.1) is 6.42 Å². The summed E-state index contributed by atoms with van der Waals surface area (Å²) in [5.74, 6) is 0.925. The highest BCUT2D eigenvalue weighted by Crippen LogP contribution is 2.22. The maximum atomic E-state index is 12.2. The van der Waals surface area contributed by atoms with Crippen molar-refractivity contribution in [3.8, 4) is 0 Å². The van der Waals surface area contributed by atoms with Gasteiger partial charge in [0.2, 0.25) is 5.91 Å². The highest BCUT2D eigenvalue weighted by atomic mass is 16.1. The Kier molecular flexibility index (Phi) is 4.46. The van der Waals surface area contributed by atoms with Crippen molar-refractivity contribution in [2.24, 2.45) is 0 Å². The summed E-state index contributed by atoms with van der Waals surface area (Å²) in [5.41, 5.74) is 4.81. The molecule has 3 aromatic rings. The van der Waals surface area contributed by atoms with Gasteiger partial charge in [-0.3, -0.25) is 9.20 Å². The summed E-state index contributed by atoms with van der Waals surface area (Å²) in [7, 11) is 0. The van der Waals surface area contributed by atoms with Gasteiger partial charge in [0, 0.05) is 19.2 Å². The minimum absolute atomic E-state index is 0.0598. The number of nitrogens with one attached hydrogen (secondary N) is 1. The van der Waals surface area contributed by atoms with E-state index < -0.39 is 0 Å². The molecule has 1 aliphatic carbocycles. The third-order valence-corrected chi connectivity index (χ3v) is 4.83. The number of carbonyl (C=O) groups excluding carboxylic acids is 1. The lowest BCUT2D eigenvalue weighted by Crippen LogP contribution is -2.27. The summed E-state index contributed by atoms with van der Waals surface area (Å²) >= 11 is 0. The molecule has 0 unspecified atom stereocenters. The normalized spacial score (nSPS) is 13.6. The Morgan fingerprint density at radius 2 is 1.96 bits per heavy atom. The highest BCUT2D eigenvalue weighted by Gasteiger charge is 2.11. The van der Waals surface area contributed by atoms with Crippen molar-refractivity contribution in [2.75, 3.05) is 6.54 Å². The fraction of sp³-hybridized carbons (Fsp3) is 0.350. The van der Waals surface area contributed by atoms with Gasteiger partial charge in [-0.2, -0.15) is 0 Å². The molecule has 5 nitrogen and oxygen atoms in total. The summed E-state index contributed by atoms with van der Waals surface area (Å²) in [5, 5.41) is 11.3. The van der Waals surface area contributed by atoms with Crippen molar-refractivity contribution in [1.29, 1.82) is 0 Å². The number of carbonyl (C=O) groups is 1. The molecule has 1 aliphatic rings. The summed E-state index contributed by atoms with van der Waals surface area (Å²) in [6.07, 6.45) is 7.91. The molecule has 0 spiro atoms. The van der Waals surface area contributed by atoms with Gasteiger partial charge in [0.1, 0.15) is 5.82 Å². The number of pyridine rings is 1. The third-order valence-electron chi connectivity index (χ3n) is 4.83. The average molecular weight is 334 g/mol. The van der Waals surface area contributed by atoms with Crippen LogP contribution in [-0.2, 0) is 30.5 Å². The van der Waals surface area contributed by atoms with E-state index in [4.69, 9.17) is 0 Å². The number of benzene rings is 1. The van der Waals surface area contributed by atoms with Crippen LogP contribution in [0.1, 0.15) is 35.4 Å². The molecule has 0 saturated carbocycles. The minimum Gasteiger partial charge on any atom is -0.355 e. The van der Waals surface area contributed by atoms with E-state index in [0.717, 1.165) is 23.5 Å². The average Bonchev–Trinajstić information content (AvgIpc) is 3.05. The second-order valence-corrected chi connectivity index (χ2v) is 6.63. The minimum atomic E-state index is 0.0598. The standard InChI is InChI=1S/C20H22N4O/c25-20(14-15-8-9-16-5-1-2-6-17(16)13-15)21-11-10-19-23-22-18-7-3-4-12-24(18)19/h3-4,7-9,12-13H,1-2,5-6,10-11,14H2,(H,21,25). The topological polar surface area (TPSA) is 59.3 Å². The molecule has 0 radical (unpaired) electrons. The molecule has 0 bridgehead atoms. The Balaban J connectivity index is 1.32. The molecule has 0 saturated heterocycles. The lowest BCUT2D eigenvalue weighted by atomic mass is 9.90. The fourth-order valence-electron chi connectivity index (χ4n) is 3.52. The molecular formula is C20H22N4O. The Bertz CT molecular complexity index is 900. The van der Waals surface area contributed by atoms with Crippen LogP contribution in [0.4, 0.5) is 0 Å². The van der Waals surface area contributed by atoms with E-state index >= 15 is 0 Å². The van der Waals surface area contributed by atoms with E-state index in [-0.39, 0.29) is 5.91 Å². The maximum absolute atomic E-state index is 12.2. The maximum Gasteiger partial charge on any atom is 0.224 e. The van der Waals surface area contributed by atoms with Crippen LogP contribution in [0.25, 0.3) is 5.65 Å². The fourth-order valence-corrected chi connectivity index (χ4v) is 3.52. The van der Waals surface area contributed by atoms with E-state index in [1.807, 2.05) is 28.8 Å². The molecule has 0 aliphatic heterocycles. The molecule has 2 heterocycles. The van der Waals surface area contributed by atoms with Gasteiger partial charge in [0.15, 0.2) is 5.65 Å². The zero-order valence-corrected chi connectivity index (χ0v) is 14.2. The second-order valence-electron chi connectivity index (χ2n) is 6.63. The van der Waals surface area contributed by atoms with E-state index in [9.17, 15) is 4.79 Å². The Hall–Kier alpha value is -2.69. The van der Waals surface area contributed by atoms with Gasteiger partial charge in [0.25, 0.3) is 0 Å². The number of hydrogen-bond acceptors (Lipinski definition) is 3. The van der Waals surface area contributed by atoms with Crippen molar-refractivity contribution >= 4 is 11.6 Å². The van der Waals surface area contributed by atoms with E-state index in [1.54, 1.807) is 0 Å². The van der Waals surface area contributed by atoms with Crippen LogP contribution in [0.2, 0.25) is 0 Å². The number of fused-ring (bicyclic) bond motifs is 2. The molecule has 2 aromatic heterocycles. The molecule has 0 atom stereocenters. The molecule has 128 valence electrons. The van der Waals surface area contributed by atoms with Crippen molar-refractivity contribution in [2.45, 2.75) is 38.5 Å². The first-order chi connectivity index (χ1) is 12.3. The van der Waals surface area contributed by atoms with Crippen LogP contribution in [0.3, 0.4) is 0 Å². The zero-order valence-electron chi connectivity index (χ0n) is 14.2. The molecule has 1 aromatic carbocycles. The first-order valence-corrected chi connectivity index (χ1v) is 8.95. The Labute approximate surface area is 147 Å². The number of hydrogen-bond donors (Lipinski definition) is 1. The summed E-state index contributed by atoms with van der Waals surface area (Å²) in [6.45, 7) is 0.569. The Morgan fingerprint density at radius 3 is 2.88 bits per heavy atom. The van der Waals surface area contributed by atoms with Gasteiger partial charge in [-0.25, -0.2) is 0 Å². The number of amides is 1. The number of rotatable bonds is 5. The van der Waals surface area contributed by atoms with E-state index in [2.05, 4.69) is 33.7 Å². The van der Waals surface area contributed by atoms with Crippen molar-refractivity contribution in [3.63, 3.8) is 0 Å². The van der Waals surface area contributed by atoms with E-state index in [0.29, 0.717) is 19.4 Å². The molecule has 25 heavy (non-hydrogen) atoms. The van der Waals surface area contributed by atoms with Crippen LogP contribution in [0, 0.1) is 0 Å². The van der Waals surface area contributed by atoms with Gasteiger partial charge in [-0.15, -0.1) is 10.2 Å². The first kappa shape index (κ1) is 15.8. The predicted octanol–water partition coefficient (Wildman–Crippen LogP) is 2.51. The predicted molar refractivity (Wildman–Crippen MR) is 96.5 cm³/mol. The molecule has 4 rings (SSSR count). The van der Waals surface area contributed by atoms with Gasteiger partial charge in [-0.1, -0.05) is 24.3 Å². The van der Waals surface area contributed by atoms with Crippen LogP contribution in [0.15, 0.2) is 42.6 Å². The van der Waals surface area contributed by atoms with Crippen LogP contribution < -0.4 is 5.32 Å². The van der Waals surface area contributed by atoms with Gasteiger partial charge < -0.3 is 5.32 Å². The number of aromatic nitrogens is 3. The molecule has 5 heteroatoms. The highest BCUT2D eigenvalue weighted by molar-refractivity contribution is 5.78. The molecule has 1 amide bonds. The largest absolute Gasteiger partial charge is 0.355 e. The van der Waals surface area contributed by atoms with Crippen LogP contribution in [-0.4, -0.2) is 27.0 Å². The van der Waals surface area contributed by atoms with Crippen LogP contribution in [0.5, 0.6) is 0 Å². The van der Waals surface area contributed by atoms with Crippen molar-refractivity contribution in [1.82, 2.24) is 19.9 Å². The SMILES string of the molecule is O=C(Cc1ccc2c(c1)CCCC2)NCCc1nnc2ccccn12. The van der Waals surface area contributed by atoms with Crippen LogP contribution >= 0.6 is 0 Å². The summed E-state index contributed by atoms with van der Waals surface area (Å²) in [6, 6.07) is 12.3. The van der Waals surface area contributed by atoms with Crippen molar-refractivity contribution < 1.29 is 4.79 Å². The lowest BCUT2D eigenvalue weighted by Gasteiger charge is -2.16. The Morgan fingerprint density at radius 1 is 1.08 bits per heavy atom. The molecular weight excluding hydrogens is 312 g/mol. The molecule has 0 fully saturated rings. The van der Waals surface area contributed by atoms with Crippen molar-refractivity contribution in [3.05, 3.63) is 65.1 Å². The monoisotopic (exact) mass is 334 g/mol.